The molecule has 3 heterocycles. The second-order valence-electron chi connectivity index (χ2n) is 8.33. The van der Waals surface area contributed by atoms with E-state index >= 15 is 0 Å². The van der Waals surface area contributed by atoms with E-state index in [0.29, 0.717) is 36.3 Å². The van der Waals surface area contributed by atoms with Crippen LogP contribution in [0, 0.1) is 5.41 Å². The molecule has 0 unspecified atom stereocenters. The van der Waals surface area contributed by atoms with Gasteiger partial charge in [0.15, 0.2) is 11.4 Å². The molecule has 10 heteroatoms. The number of nitrogens with zero attached hydrogens (tertiary/aromatic N) is 3. The molecule has 3 fully saturated rings. The highest BCUT2D eigenvalue weighted by Crippen LogP contribution is 2.75. The first-order valence-corrected chi connectivity index (χ1v) is 9.67. The molecule has 3 aliphatic rings. The molecule has 6 nitrogen and oxygen atoms in total. The molecule has 0 aliphatic heterocycles. The molecule has 3 saturated carbocycles. The van der Waals surface area contributed by atoms with Crippen LogP contribution in [0.15, 0.2) is 36.7 Å². The normalized spacial score (nSPS) is 24.2. The summed E-state index contributed by atoms with van der Waals surface area (Å²) in [5.74, 6) is -0.268. The summed E-state index contributed by atoms with van der Waals surface area (Å²) in [6, 6.07) is 5.38. The number of nitrogens with one attached hydrogen (secondary N) is 1. The standard InChI is InChI=1S/C21H18F4N4O2/c1-31-14-5-11(26-18(30)13-4-2-3-12(27-13)16(22)23)6-29-7-15(28-17(14)29)20-8-21(9-20,10-20)19(24)25/h2-7,16,19H,8-10H2,1H3,(H,26,30). The van der Waals surface area contributed by atoms with Crippen LogP contribution in [-0.4, -0.2) is 33.8 Å². The van der Waals surface area contributed by atoms with Crippen molar-refractivity contribution in [2.75, 3.05) is 12.4 Å². The topological polar surface area (TPSA) is 68.5 Å². The second-order valence-corrected chi connectivity index (χ2v) is 8.33. The Bertz CT molecular complexity index is 1170. The molecule has 162 valence electrons. The summed E-state index contributed by atoms with van der Waals surface area (Å²) >= 11 is 0. The number of halogens is 4. The van der Waals surface area contributed by atoms with Gasteiger partial charge in [-0.1, -0.05) is 6.07 Å². The maximum absolute atomic E-state index is 13.2. The molecule has 3 aliphatic carbocycles. The van der Waals surface area contributed by atoms with E-state index in [9.17, 15) is 22.4 Å². The molecule has 31 heavy (non-hydrogen) atoms. The van der Waals surface area contributed by atoms with Crippen molar-refractivity contribution in [3.63, 3.8) is 0 Å². The zero-order valence-electron chi connectivity index (χ0n) is 16.4. The van der Waals surface area contributed by atoms with Crippen molar-refractivity contribution in [1.29, 1.82) is 0 Å². The molecule has 0 aromatic carbocycles. The van der Waals surface area contributed by atoms with E-state index in [0.717, 1.165) is 11.8 Å². The number of aromatic nitrogens is 3. The minimum Gasteiger partial charge on any atom is -0.493 e. The van der Waals surface area contributed by atoms with Crippen LogP contribution in [0.4, 0.5) is 23.2 Å². The smallest absolute Gasteiger partial charge is 0.280 e. The van der Waals surface area contributed by atoms with Gasteiger partial charge in [-0.2, -0.15) is 0 Å². The van der Waals surface area contributed by atoms with E-state index in [1.54, 1.807) is 22.9 Å². The summed E-state index contributed by atoms with van der Waals surface area (Å²) in [4.78, 5) is 20.8. The average molecular weight is 434 g/mol. The highest BCUT2D eigenvalue weighted by Gasteiger charge is 2.73. The monoisotopic (exact) mass is 434 g/mol. The van der Waals surface area contributed by atoms with Gasteiger partial charge in [0.1, 0.15) is 11.4 Å². The number of carbonyl (C=O) groups is 1. The fourth-order valence-corrected chi connectivity index (χ4v) is 4.81. The molecule has 0 saturated heterocycles. The molecule has 0 atom stereocenters. The van der Waals surface area contributed by atoms with Crippen LogP contribution in [0.2, 0.25) is 0 Å². The van der Waals surface area contributed by atoms with Gasteiger partial charge in [-0.3, -0.25) is 4.79 Å². The van der Waals surface area contributed by atoms with Crippen LogP contribution >= 0.6 is 0 Å². The maximum Gasteiger partial charge on any atom is 0.280 e. The van der Waals surface area contributed by atoms with Crippen LogP contribution in [-0.2, 0) is 5.41 Å². The number of alkyl halides is 4. The lowest BCUT2D eigenvalue weighted by molar-refractivity contribution is -0.223. The Morgan fingerprint density at radius 3 is 2.55 bits per heavy atom. The van der Waals surface area contributed by atoms with E-state index in [-0.39, 0.29) is 11.1 Å². The first-order chi connectivity index (χ1) is 14.7. The number of pyridine rings is 2. The Hall–Kier alpha value is -3.17. The summed E-state index contributed by atoms with van der Waals surface area (Å²) in [6.07, 6.45) is -0.483. The highest BCUT2D eigenvalue weighted by atomic mass is 19.3. The van der Waals surface area contributed by atoms with Crippen LogP contribution in [0.25, 0.3) is 5.65 Å². The molecule has 6 rings (SSSR count). The Kier molecular flexibility index (Phi) is 4.25. The molecule has 1 N–H and O–H groups in total. The lowest BCUT2D eigenvalue weighted by Crippen LogP contribution is -2.67. The molecular formula is C21H18F4N4O2. The van der Waals surface area contributed by atoms with Crippen molar-refractivity contribution in [3.05, 3.63) is 53.7 Å². The fraction of sp³-hybridized carbons (Fsp3) is 0.381. The van der Waals surface area contributed by atoms with Crippen molar-refractivity contribution in [2.45, 2.75) is 37.5 Å². The molecule has 2 bridgehead atoms. The third kappa shape index (κ3) is 2.95. The van der Waals surface area contributed by atoms with Crippen molar-refractivity contribution in [2.24, 2.45) is 5.41 Å². The van der Waals surface area contributed by atoms with Gasteiger partial charge in [-0.15, -0.1) is 0 Å². The minimum absolute atomic E-state index is 0.144. The molecular weight excluding hydrogens is 416 g/mol. The summed E-state index contributed by atoms with van der Waals surface area (Å²) < 4.78 is 59.1. The Morgan fingerprint density at radius 2 is 1.90 bits per heavy atom. The third-order valence-electron chi connectivity index (χ3n) is 6.30. The molecule has 1 amide bonds. The summed E-state index contributed by atoms with van der Waals surface area (Å²) in [7, 11) is 1.45. The van der Waals surface area contributed by atoms with E-state index in [2.05, 4.69) is 15.3 Å². The Labute approximate surface area is 174 Å². The Morgan fingerprint density at radius 1 is 1.16 bits per heavy atom. The summed E-state index contributed by atoms with van der Waals surface area (Å²) in [6.45, 7) is 0. The predicted molar refractivity (Wildman–Crippen MR) is 103 cm³/mol. The zero-order chi connectivity index (χ0) is 22.0. The summed E-state index contributed by atoms with van der Waals surface area (Å²) in [5, 5.41) is 2.62. The van der Waals surface area contributed by atoms with Gasteiger partial charge in [0.25, 0.3) is 12.3 Å². The number of hydrogen-bond donors (Lipinski definition) is 1. The first-order valence-electron chi connectivity index (χ1n) is 9.67. The quantitative estimate of drug-likeness (QED) is 0.575. The van der Waals surface area contributed by atoms with E-state index in [1.165, 1.54) is 19.2 Å². The van der Waals surface area contributed by atoms with Crippen molar-refractivity contribution < 1.29 is 27.1 Å². The van der Waals surface area contributed by atoms with Gasteiger partial charge in [0.05, 0.1) is 18.5 Å². The van der Waals surface area contributed by atoms with Gasteiger partial charge in [0.2, 0.25) is 6.43 Å². The lowest BCUT2D eigenvalue weighted by Gasteiger charge is -2.69. The number of imidazole rings is 1. The lowest BCUT2D eigenvalue weighted by atomic mass is 9.34. The van der Waals surface area contributed by atoms with Crippen LogP contribution in [0.5, 0.6) is 5.75 Å². The molecule has 0 radical (unpaired) electrons. The number of fused-ring (bicyclic) bond motifs is 1. The minimum atomic E-state index is -2.78. The molecule has 3 aromatic rings. The number of methoxy groups -OCH3 is 1. The second kappa shape index (κ2) is 6.66. The van der Waals surface area contributed by atoms with Crippen molar-refractivity contribution >= 4 is 17.2 Å². The first kappa shape index (κ1) is 19.8. The zero-order valence-corrected chi connectivity index (χ0v) is 16.4. The average Bonchev–Trinajstić information content (AvgIpc) is 3.08. The fourth-order valence-electron chi connectivity index (χ4n) is 4.81. The largest absolute Gasteiger partial charge is 0.493 e. The number of hydrogen-bond acceptors (Lipinski definition) is 4. The highest BCUT2D eigenvalue weighted by molar-refractivity contribution is 6.03. The van der Waals surface area contributed by atoms with E-state index < -0.39 is 29.9 Å². The number of rotatable bonds is 6. The van der Waals surface area contributed by atoms with Crippen LogP contribution in [0.1, 0.15) is 47.6 Å². The molecule has 0 spiro atoms. The van der Waals surface area contributed by atoms with Gasteiger partial charge in [-0.25, -0.2) is 27.5 Å². The number of carbonyl (C=O) groups excluding carboxylic acids is 1. The van der Waals surface area contributed by atoms with Gasteiger partial charge in [-0.05, 0) is 31.4 Å². The number of anilines is 1. The van der Waals surface area contributed by atoms with Crippen LogP contribution < -0.4 is 10.1 Å². The SMILES string of the molecule is COc1cc(NC(=O)c2cccc(C(F)F)n2)cn2cc(C34CC(C(F)F)(C3)C4)nc12. The van der Waals surface area contributed by atoms with Crippen molar-refractivity contribution in [1.82, 2.24) is 14.4 Å². The predicted octanol–water partition coefficient (Wildman–Crippen LogP) is 4.61. The van der Waals surface area contributed by atoms with Gasteiger partial charge >= 0.3 is 0 Å². The van der Waals surface area contributed by atoms with E-state index in [1.807, 2.05) is 0 Å². The van der Waals surface area contributed by atoms with E-state index in [4.69, 9.17) is 4.74 Å². The van der Waals surface area contributed by atoms with Gasteiger partial charge in [0, 0.05) is 29.3 Å². The molecule has 3 aromatic heterocycles. The number of amides is 1. The third-order valence-corrected chi connectivity index (χ3v) is 6.30. The number of ether oxygens (including phenoxy) is 1. The maximum atomic E-state index is 13.2. The van der Waals surface area contributed by atoms with Crippen LogP contribution in [0.3, 0.4) is 0 Å². The Balaban J connectivity index is 1.42. The van der Waals surface area contributed by atoms with Crippen molar-refractivity contribution in [3.8, 4) is 5.75 Å². The van der Waals surface area contributed by atoms with Gasteiger partial charge < -0.3 is 14.5 Å². The summed E-state index contributed by atoms with van der Waals surface area (Å²) in [5.41, 5.74) is -0.235.